The molecule has 58 valence electrons. The van der Waals surface area contributed by atoms with Gasteiger partial charge in [-0.1, -0.05) is 20.3 Å². The molecule has 1 aliphatic rings. The summed E-state index contributed by atoms with van der Waals surface area (Å²) in [6.07, 6.45) is 5.19. The van der Waals surface area contributed by atoms with Crippen molar-refractivity contribution >= 4 is 5.78 Å². The molecule has 0 atom stereocenters. The smallest absolute Gasteiger partial charge is 0.133 e. The van der Waals surface area contributed by atoms with Crippen LogP contribution >= 0.6 is 0 Å². The van der Waals surface area contributed by atoms with E-state index in [1.165, 1.54) is 12.8 Å². The standard InChI is InChI=1S/C9H16O/c1-9(2)6-4-3-5-8(10)7-9/h3-7H2,1-2H3. The Hall–Kier alpha value is -0.330. The molecular formula is C9H16O. The summed E-state index contributed by atoms with van der Waals surface area (Å²) in [5.41, 5.74) is 0.285. The van der Waals surface area contributed by atoms with Crippen LogP contribution in [0.4, 0.5) is 0 Å². The fourth-order valence-corrected chi connectivity index (χ4v) is 1.64. The van der Waals surface area contributed by atoms with Crippen molar-refractivity contribution in [2.75, 3.05) is 0 Å². The molecule has 0 amide bonds. The van der Waals surface area contributed by atoms with Gasteiger partial charge in [0.2, 0.25) is 0 Å². The van der Waals surface area contributed by atoms with E-state index in [2.05, 4.69) is 13.8 Å². The molecule has 0 aromatic rings. The monoisotopic (exact) mass is 140 g/mol. The molecule has 0 N–H and O–H groups in total. The van der Waals surface area contributed by atoms with Crippen LogP contribution in [0.15, 0.2) is 0 Å². The first-order valence-corrected chi connectivity index (χ1v) is 4.12. The normalized spacial score (nSPS) is 26.0. The second kappa shape index (κ2) is 2.73. The number of ketones is 1. The molecule has 0 aliphatic heterocycles. The van der Waals surface area contributed by atoms with Gasteiger partial charge in [0.25, 0.3) is 0 Å². The Balaban J connectivity index is 2.54. The van der Waals surface area contributed by atoms with Crippen LogP contribution in [0, 0.1) is 5.41 Å². The lowest BCUT2D eigenvalue weighted by molar-refractivity contribution is -0.120. The lowest BCUT2D eigenvalue weighted by atomic mass is 9.85. The van der Waals surface area contributed by atoms with E-state index < -0.39 is 0 Å². The first kappa shape index (κ1) is 7.77. The molecule has 0 spiro atoms. The van der Waals surface area contributed by atoms with E-state index in [-0.39, 0.29) is 5.41 Å². The number of hydrogen-bond donors (Lipinski definition) is 0. The van der Waals surface area contributed by atoms with Crippen LogP contribution in [-0.2, 0) is 4.79 Å². The largest absolute Gasteiger partial charge is 0.300 e. The molecule has 1 aliphatic carbocycles. The molecule has 10 heavy (non-hydrogen) atoms. The highest BCUT2D eigenvalue weighted by atomic mass is 16.1. The third-order valence-electron chi connectivity index (χ3n) is 2.23. The maximum Gasteiger partial charge on any atom is 0.133 e. The summed E-state index contributed by atoms with van der Waals surface area (Å²) in [6.45, 7) is 4.38. The number of hydrogen-bond acceptors (Lipinski definition) is 1. The quantitative estimate of drug-likeness (QED) is 0.472. The number of carbonyl (C=O) groups excluding carboxylic acids is 1. The van der Waals surface area contributed by atoms with Crippen molar-refractivity contribution in [3.05, 3.63) is 0 Å². The third kappa shape index (κ3) is 2.13. The molecule has 0 bridgehead atoms. The Labute approximate surface area is 62.8 Å². The van der Waals surface area contributed by atoms with Crippen molar-refractivity contribution in [1.82, 2.24) is 0 Å². The molecular weight excluding hydrogens is 124 g/mol. The first-order chi connectivity index (χ1) is 4.60. The highest BCUT2D eigenvalue weighted by Crippen LogP contribution is 2.31. The Kier molecular flexibility index (Phi) is 2.12. The summed E-state index contributed by atoms with van der Waals surface area (Å²) < 4.78 is 0. The van der Waals surface area contributed by atoms with E-state index in [9.17, 15) is 4.79 Å². The minimum absolute atomic E-state index is 0.285. The molecule has 0 aromatic heterocycles. The molecule has 1 saturated carbocycles. The fourth-order valence-electron chi connectivity index (χ4n) is 1.64. The summed E-state index contributed by atoms with van der Waals surface area (Å²) in [6, 6.07) is 0. The summed E-state index contributed by atoms with van der Waals surface area (Å²) in [7, 11) is 0. The van der Waals surface area contributed by atoms with Gasteiger partial charge in [-0.3, -0.25) is 4.79 Å². The van der Waals surface area contributed by atoms with Gasteiger partial charge in [-0.2, -0.15) is 0 Å². The minimum Gasteiger partial charge on any atom is -0.300 e. The van der Waals surface area contributed by atoms with Crippen LogP contribution in [0.5, 0.6) is 0 Å². The van der Waals surface area contributed by atoms with Gasteiger partial charge in [-0.25, -0.2) is 0 Å². The van der Waals surface area contributed by atoms with Crippen molar-refractivity contribution in [3.63, 3.8) is 0 Å². The van der Waals surface area contributed by atoms with E-state index >= 15 is 0 Å². The summed E-state index contributed by atoms with van der Waals surface area (Å²) in [5, 5.41) is 0. The number of Topliss-reactive ketones (excluding diaryl/α,β-unsaturated/α-hetero) is 1. The van der Waals surface area contributed by atoms with Crippen LogP contribution in [0.1, 0.15) is 46.0 Å². The molecule has 1 fully saturated rings. The van der Waals surface area contributed by atoms with Crippen LogP contribution in [0.25, 0.3) is 0 Å². The van der Waals surface area contributed by atoms with E-state index in [0.717, 1.165) is 19.3 Å². The number of rotatable bonds is 0. The molecule has 0 radical (unpaired) electrons. The summed E-state index contributed by atoms with van der Waals surface area (Å²) >= 11 is 0. The lowest BCUT2D eigenvalue weighted by Crippen LogP contribution is -2.13. The average molecular weight is 140 g/mol. The van der Waals surface area contributed by atoms with Gasteiger partial charge < -0.3 is 0 Å². The van der Waals surface area contributed by atoms with E-state index in [1.807, 2.05) is 0 Å². The van der Waals surface area contributed by atoms with E-state index in [0.29, 0.717) is 5.78 Å². The van der Waals surface area contributed by atoms with Crippen molar-refractivity contribution in [3.8, 4) is 0 Å². The zero-order valence-electron chi connectivity index (χ0n) is 6.94. The van der Waals surface area contributed by atoms with Gasteiger partial charge in [-0.15, -0.1) is 0 Å². The molecule has 1 heteroatoms. The van der Waals surface area contributed by atoms with Gasteiger partial charge in [0.05, 0.1) is 0 Å². The van der Waals surface area contributed by atoms with Crippen LogP contribution in [0.2, 0.25) is 0 Å². The van der Waals surface area contributed by atoms with Gasteiger partial charge in [0.1, 0.15) is 5.78 Å². The topological polar surface area (TPSA) is 17.1 Å². The molecule has 0 unspecified atom stereocenters. The zero-order valence-corrected chi connectivity index (χ0v) is 6.94. The summed E-state index contributed by atoms with van der Waals surface area (Å²) in [4.78, 5) is 11.1. The molecule has 0 aromatic carbocycles. The molecule has 1 rings (SSSR count). The Morgan fingerprint density at radius 2 is 2.00 bits per heavy atom. The van der Waals surface area contributed by atoms with Gasteiger partial charge in [0, 0.05) is 12.8 Å². The maximum atomic E-state index is 11.1. The fraction of sp³-hybridized carbons (Fsp3) is 0.889. The maximum absolute atomic E-state index is 11.1. The van der Waals surface area contributed by atoms with Crippen molar-refractivity contribution in [2.24, 2.45) is 5.41 Å². The van der Waals surface area contributed by atoms with Gasteiger partial charge in [0.15, 0.2) is 0 Å². The minimum atomic E-state index is 0.285. The average Bonchev–Trinajstić information content (AvgIpc) is 1.90. The first-order valence-electron chi connectivity index (χ1n) is 4.12. The SMILES string of the molecule is CC1(C)CCCCC(=O)C1. The Morgan fingerprint density at radius 3 is 2.70 bits per heavy atom. The van der Waals surface area contributed by atoms with Crippen molar-refractivity contribution in [2.45, 2.75) is 46.0 Å². The van der Waals surface area contributed by atoms with Crippen molar-refractivity contribution < 1.29 is 4.79 Å². The molecule has 0 saturated heterocycles. The molecule has 0 heterocycles. The lowest BCUT2D eigenvalue weighted by Gasteiger charge is -2.20. The van der Waals surface area contributed by atoms with Crippen molar-refractivity contribution in [1.29, 1.82) is 0 Å². The Morgan fingerprint density at radius 1 is 1.30 bits per heavy atom. The van der Waals surface area contributed by atoms with Crippen LogP contribution in [0.3, 0.4) is 0 Å². The highest BCUT2D eigenvalue weighted by Gasteiger charge is 2.23. The second-order valence-corrected chi connectivity index (χ2v) is 4.09. The zero-order chi connectivity index (χ0) is 7.61. The van der Waals surface area contributed by atoms with Gasteiger partial charge in [-0.05, 0) is 18.3 Å². The van der Waals surface area contributed by atoms with Gasteiger partial charge >= 0.3 is 0 Å². The van der Waals surface area contributed by atoms with E-state index in [4.69, 9.17) is 0 Å². The van der Waals surface area contributed by atoms with Crippen LogP contribution in [-0.4, -0.2) is 5.78 Å². The third-order valence-corrected chi connectivity index (χ3v) is 2.23. The predicted octanol–water partition coefficient (Wildman–Crippen LogP) is 2.55. The van der Waals surface area contributed by atoms with E-state index in [1.54, 1.807) is 0 Å². The highest BCUT2D eigenvalue weighted by molar-refractivity contribution is 5.79. The predicted molar refractivity (Wildman–Crippen MR) is 41.9 cm³/mol. The van der Waals surface area contributed by atoms with Crippen LogP contribution < -0.4 is 0 Å². The Bertz CT molecular complexity index is 136. The molecule has 1 nitrogen and oxygen atoms in total. The number of carbonyl (C=O) groups is 1. The second-order valence-electron chi connectivity index (χ2n) is 4.09. The summed E-state index contributed by atoms with van der Waals surface area (Å²) in [5.74, 6) is 0.461.